The van der Waals surface area contributed by atoms with Crippen LogP contribution in [0.1, 0.15) is 80.0 Å². The van der Waals surface area contributed by atoms with Gasteiger partial charge >= 0.3 is 5.97 Å². The quantitative estimate of drug-likeness (QED) is 0.497. The van der Waals surface area contributed by atoms with E-state index in [0.29, 0.717) is 31.6 Å². The van der Waals surface area contributed by atoms with Crippen molar-refractivity contribution in [3.63, 3.8) is 0 Å². The summed E-state index contributed by atoms with van der Waals surface area (Å²) in [6, 6.07) is 1.67. The van der Waals surface area contributed by atoms with Crippen LogP contribution < -0.4 is 4.74 Å². The summed E-state index contributed by atoms with van der Waals surface area (Å²) in [5.74, 6) is -1.28. The molecule has 31 heavy (non-hydrogen) atoms. The maximum Gasteiger partial charge on any atom is 0.345 e. The fourth-order valence-electron chi connectivity index (χ4n) is 5.40. The van der Waals surface area contributed by atoms with Crippen molar-refractivity contribution < 1.29 is 34.0 Å². The standard InChI is InChI=1S/C24H34O7/c1-4-5-6-7-17-10-16-11-18(26)21(23(27)28-3)22-20(16)19(30-17)12-24(31-22)14(2)15(8-9-25)13-29-24/h11,14-15,17,19,25-26H,4-10,12-13H2,1-3H3/t14-,15+,17+,19-,24-/m0/s1. The van der Waals surface area contributed by atoms with Crippen LogP contribution in [0.3, 0.4) is 0 Å². The number of hydrogen-bond donors (Lipinski definition) is 2. The maximum atomic E-state index is 12.5. The SMILES string of the molecule is CCCCC[C@@H]1Cc2cc(O)c(C(=O)OC)c3c2[C@H](C[C@]2(OC[C@@H](CCO)[C@@H]2C)O3)O1. The molecule has 1 aromatic rings. The van der Waals surface area contributed by atoms with Gasteiger partial charge < -0.3 is 29.2 Å². The Hall–Kier alpha value is -1.83. The maximum absolute atomic E-state index is 12.5. The van der Waals surface area contributed by atoms with E-state index in [0.717, 1.165) is 36.8 Å². The number of benzene rings is 1. The van der Waals surface area contributed by atoms with Gasteiger partial charge in [0.2, 0.25) is 5.79 Å². The highest BCUT2D eigenvalue weighted by atomic mass is 16.7. The monoisotopic (exact) mass is 434 g/mol. The van der Waals surface area contributed by atoms with E-state index >= 15 is 0 Å². The van der Waals surface area contributed by atoms with Crippen LogP contribution >= 0.6 is 0 Å². The Morgan fingerprint density at radius 1 is 1.32 bits per heavy atom. The smallest absolute Gasteiger partial charge is 0.345 e. The lowest BCUT2D eigenvalue weighted by atomic mass is 9.79. The zero-order valence-electron chi connectivity index (χ0n) is 18.7. The van der Waals surface area contributed by atoms with Crippen molar-refractivity contribution in [2.75, 3.05) is 20.3 Å². The number of aromatic hydroxyl groups is 1. The molecule has 5 atom stereocenters. The predicted molar refractivity (Wildman–Crippen MR) is 113 cm³/mol. The van der Waals surface area contributed by atoms with Crippen LogP contribution in [0.5, 0.6) is 11.5 Å². The molecule has 3 heterocycles. The molecule has 1 fully saturated rings. The first-order valence-corrected chi connectivity index (χ1v) is 11.5. The third-order valence-corrected chi connectivity index (χ3v) is 7.22. The summed E-state index contributed by atoms with van der Waals surface area (Å²) >= 11 is 0. The summed E-state index contributed by atoms with van der Waals surface area (Å²) in [6.45, 7) is 4.80. The Bertz CT molecular complexity index is 823. The number of unbranched alkanes of at least 4 members (excludes halogenated alkanes) is 2. The van der Waals surface area contributed by atoms with Gasteiger partial charge in [0.05, 0.1) is 25.9 Å². The number of phenols is 1. The molecule has 1 spiro atoms. The van der Waals surface area contributed by atoms with Gasteiger partial charge in [-0.3, -0.25) is 0 Å². The molecule has 0 radical (unpaired) electrons. The molecule has 2 N–H and O–H groups in total. The second-order valence-corrected chi connectivity index (χ2v) is 9.10. The highest BCUT2D eigenvalue weighted by Crippen LogP contribution is 2.55. The minimum absolute atomic E-state index is 0.00633. The van der Waals surface area contributed by atoms with Gasteiger partial charge in [0.25, 0.3) is 0 Å². The van der Waals surface area contributed by atoms with Gasteiger partial charge in [-0.05, 0) is 36.8 Å². The number of ether oxygens (including phenoxy) is 4. The van der Waals surface area contributed by atoms with E-state index < -0.39 is 11.8 Å². The van der Waals surface area contributed by atoms with E-state index in [2.05, 4.69) is 13.8 Å². The molecular formula is C24H34O7. The van der Waals surface area contributed by atoms with Gasteiger partial charge in [0.15, 0.2) is 0 Å². The van der Waals surface area contributed by atoms with Crippen LogP contribution in [0.15, 0.2) is 6.07 Å². The summed E-state index contributed by atoms with van der Waals surface area (Å²) in [6.07, 6.45) is 5.95. The number of aliphatic hydroxyl groups is 1. The molecule has 4 rings (SSSR count). The normalized spacial score (nSPS) is 31.4. The first-order chi connectivity index (χ1) is 14.9. The Labute approximate surface area is 183 Å². The summed E-state index contributed by atoms with van der Waals surface area (Å²) in [5.41, 5.74) is 1.82. The third-order valence-electron chi connectivity index (χ3n) is 7.22. The molecule has 172 valence electrons. The van der Waals surface area contributed by atoms with Crippen LogP contribution in [0.25, 0.3) is 0 Å². The highest BCUT2D eigenvalue weighted by molar-refractivity contribution is 5.96. The van der Waals surface area contributed by atoms with Crippen molar-refractivity contribution in [1.29, 1.82) is 0 Å². The lowest BCUT2D eigenvalue weighted by Crippen LogP contribution is -2.48. The van der Waals surface area contributed by atoms with E-state index in [1.54, 1.807) is 6.07 Å². The molecule has 0 bridgehead atoms. The number of esters is 1. The van der Waals surface area contributed by atoms with E-state index in [1.165, 1.54) is 7.11 Å². The lowest BCUT2D eigenvalue weighted by Gasteiger charge is -2.46. The van der Waals surface area contributed by atoms with E-state index in [1.807, 2.05) is 0 Å². The molecule has 1 aromatic carbocycles. The predicted octanol–water partition coefficient (Wildman–Crippen LogP) is 3.89. The average molecular weight is 435 g/mol. The van der Waals surface area contributed by atoms with Gasteiger partial charge in [-0.15, -0.1) is 0 Å². The molecule has 0 unspecified atom stereocenters. The number of hydrogen-bond acceptors (Lipinski definition) is 7. The van der Waals surface area contributed by atoms with Crippen molar-refractivity contribution in [3.05, 3.63) is 22.8 Å². The Kier molecular flexibility index (Phi) is 6.47. The number of rotatable bonds is 7. The molecule has 0 amide bonds. The largest absolute Gasteiger partial charge is 0.507 e. The molecule has 0 saturated carbocycles. The number of carbonyl (C=O) groups is 1. The first-order valence-electron chi connectivity index (χ1n) is 11.5. The van der Waals surface area contributed by atoms with Gasteiger partial charge in [-0.2, -0.15) is 0 Å². The van der Waals surface area contributed by atoms with E-state index in [-0.39, 0.29) is 42.0 Å². The Morgan fingerprint density at radius 3 is 2.84 bits per heavy atom. The lowest BCUT2D eigenvalue weighted by molar-refractivity contribution is -0.214. The van der Waals surface area contributed by atoms with Gasteiger partial charge in [-0.1, -0.05) is 33.1 Å². The number of aliphatic hydroxyl groups excluding tert-OH is 1. The minimum Gasteiger partial charge on any atom is -0.507 e. The molecule has 7 heteroatoms. The summed E-state index contributed by atoms with van der Waals surface area (Å²) in [7, 11) is 1.29. The third kappa shape index (κ3) is 3.92. The highest BCUT2D eigenvalue weighted by Gasteiger charge is 2.56. The van der Waals surface area contributed by atoms with Crippen LogP contribution in [0.4, 0.5) is 0 Å². The second kappa shape index (κ2) is 8.96. The molecule has 3 aliphatic rings. The molecule has 0 aliphatic carbocycles. The molecule has 0 aromatic heterocycles. The number of carbonyl (C=O) groups excluding carboxylic acids is 1. The molecule has 7 nitrogen and oxygen atoms in total. The first kappa shape index (κ1) is 22.4. The van der Waals surface area contributed by atoms with E-state index in [4.69, 9.17) is 18.9 Å². The van der Waals surface area contributed by atoms with Crippen molar-refractivity contribution >= 4 is 5.97 Å². The van der Waals surface area contributed by atoms with Crippen LogP contribution in [-0.2, 0) is 20.6 Å². The topological polar surface area (TPSA) is 94.5 Å². The number of phenolic OH excluding ortho intramolecular Hbond substituents is 1. The summed E-state index contributed by atoms with van der Waals surface area (Å²) in [4.78, 5) is 12.5. The van der Waals surface area contributed by atoms with Gasteiger partial charge in [0, 0.05) is 24.5 Å². The second-order valence-electron chi connectivity index (χ2n) is 9.10. The Morgan fingerprint density at radius 2 is 2.13 bits per heavy atom. The summed E-state index contributed by atoms with van der Waals surface area (Å²) in [5, 5.41) is 20.2. The molecule has 3 aliphatic heterocycles. The van der Waals surface area contributed by atoms with Crippen molar-refractivity contribution in [2.24, 2.45) is 11.8 Å². The molecular weight excluding hydrogens is 400 g/mol. The zero-order chi connectivity index (χ0) is 22.2. The zero-order valence-corrected chi connectivity index (χ0v) is 18.7. The van der Waals surface area contributed by atoms with Gasteiger partial charge in [0.1, 0.15) is 17.1 Å². The van der Waals surface area contributed by atoms with Crippen molar-refractivity contribution in [1.82, 2.24) is 0 Å². The number of methoxy groups -OCH3 is 1. The van der Waals surface area contributed by atoms with Crippen LogP contribution in [0.2, 0.25) is 0 Å². The fourth-order valence-corrected chi connectivity index (χ4v) is 5.40. The van der Waals surface area contributed by atoms with Gasteiger partial charge in [-0.25, -0.2) is 4.79 Å². The fraction of sp³-hybridized carbons (Fsp3) is 0.708. The summed E-state index contributed by atoms with van der Waals surface area (Å²) < 4.78 is 24.1. The molecule has 1 saturated heterocycles. The van der Waals surface area contributed by atoms with Crippen LogP contribution in [0, 0.1) is 11.8 Å². The average Bonchev–Trinajstić information content (AvgIpc) is 3.02. The van der Waals surface area contributed by atoms with Crippen LogP contribution in [-0.4, -0.2) is 48.4 Å². The Balaban J connectivity index is 1.75. The minimum atomic E-state index is -0.962. The van der Waals surface area contributed by atoms with E-state index in [9.17, 15) is 15.0 Å². The van der Waals surface area contributed by atoms with Crippen molar-refractivity contribution in [3.8, 4) is 11.5 Å². The van der Waals surface area contributed by atoms with Crippen molar-refractivity contribution in [2.45, 2.75) is 76.8 Å².